The normalized spacial score (nSPS) is 15.8. The van der Waals surface area contributed by atoms with Crippen LogP contribution in [-0.4, -0.2) is 34.1 Å². The Kier molecular flexibility index (Phi) is 6.51. The standard InChI is InChI=1S/C18H29N3O2/c1-3-18(4-2,10-12-22)13-20-17(23)15-9-11-19-16(21-15)14-7-5-6-8-14/h9,11,14,22H,3-8,10,12-13H2,1-2H3,(H,20,23). The van der Waals surface area contributed by atoms with Gasteiger partial charge in [-0.15, -0.1) is 0 Å². The van der Waals surface area contributed by atoms with Crippen molar-refractivity contribution >= 4 is 5.91 Å². The van der Waals surface area contributed by atoms with Gasteiger partial charge in [-0.25, -0.2) is 9.97 Å². The maximum atomic E-state index is 12.4. The van der Waals surface area contributed by atoms with E-state index < -0.39 is 0 Å². The van der Waals surface area contributed by atoms with Crippen molar-refractivity contribution in [2.45, 2.75) is 64.7 Å². The van der Waals surface area contributed by atoms with Crippen molar-refractivity contribution in [2.24, 2.45) is 5.41 Å². The van der Waals surface area contributed by atoms with Gasteiger partial charge in [-0.3, -0.25) is 4.79 Å². The van der Waals surface area contributed by atoms with Crippen molar-refractivity contribution < 1.29 is 9.90 Å². The van der Waals surface area contributed by atoms with Gasteiger partial charge in [-0.2, -0.15) is 0 Å². The summed E-state index contributed by atoms with van der Waals surface area (Å²) in [5.41, 5.74) is 0.415. The number of aliphatic hydroxyl groups is 1. The molecule has 0 bridgehead atoms. The first-order chi connectivity index (χ1) is 11.1. The molecular formula is C18H29N3O2. The highest BCUT2D eigenvalue weighted by Crippen LogP contribution is 2.32. The summed E-state index contributed by atoms with van der Waals surface area (Å²) in [6.45, 7) is 4.93. The Morgan fingerprint density at radius 3 is 2.65 bits per heavy atom. The van der Waals surface area contributed by atoms with Crippen LogP contribution in [0.3, 0.4) is 0 Å². The smallest absolute Gasteiger partial charge is 0.270 e. The Morgan fingerprint density at radius 2 is 2.04 bits per heavy atom. The minimum absolute atomic E-state index is 0.0360. The van der Waals surface area contributed by atoms with Crippen LogP contribution in [0.5, 0.6) is 0 Å². The molecule has 1 aromatic rings. The van der Waals surface area contributed by atoms with Gasteiger partial charge in [0.15, 0.2) is 0 Å². The van der Waals surface area contributed by atoms with E-state index in [-0.39, 0.29) is 17.9 Å². The van der Waals surface area contributed by atoms with E-state index in [4.69, 9.17) is 0 Å². The van der Waals surface area contributed by atoms with Gasteiger partial charge < -0.3 is 10.4 Å². The SMILES string of the molecule is CCC(CC)(CCO)CNC(=O)c1ccnc(C2CCCC2)n1. The lowest BCUT2D eigenvalue weighted by molar-refractivity contribution is 0.0902. The quantitative estimate of drug-likeness (QED) is 0.772. The molecule has 0 radical (unpaired) electrons. The van der Waals surface area contributed by atoms with Crippen LogP contribution in [-0.2, 0) is 0 Å². The Morgan fingerprint density at radius 1 is 1.35 bits per heavy atom. The van der Waals surface area contributed by atoms with E-state index in [1.807, 2.05) is 0 Å². The van der Waals surface area contributed by atoms with Crippen LogP contribution in [0.15, 0.2) is 12.3 Å². The van der Waals surface area contributed by atoms with Crippen LogP contribution in [0.1, 0.15) is 81.0 Å². The summed E-state index contributed by atoms with van der Waals surface area (Å²) in [5.74, 6) is 1.07. The van der Waals surface area contributed by atoms with Crippen LogP contribution in [0.4, 0.5) is 0 Å². The number of amides is 1. The van der Waals surface area contributed by atoms with E-state index in [1.165, 1.54) is 12.8 Å². The fourth-order valence-electron chi connectivity index (χ4n) is 3.42. The highest BCUT2D eigenvalue weighted by Gasteiger charge is 2.27. The highest BCUT2D eigenvalue weighted by atomic mass is 16.3. The number of nitrogens with one attached hydrogen (secondary N) is 1. The topological polar surface area (TPSA) is 75.1 Å². The Hall–Kier alpha value is -1.49. The molecule has 2 rings (SSSR count). The van der Waals surface area contributed by atoms with Crippen LogP contribution in [0, 0.1) is 5.41 Å². The molecule has 1 fully saturated rings. The molecule has 23 heavy (non-hydrogen) atoms. The molecule has 0 aromatic carbocycles. The molecule has 1 aromatic heterocycles. The number of aromatic nitrogens is 2. The van der Waals surface area contributed by atoms with Gasteiger partial charge in [0.2, 0.25) is 0 Å². The lowest BCUT2D eigenvalue weighted by Crippen LogP contribution is -2.38. The number of carbonyl (C=O) groups excluding carboxylic acids is 1. The van der Waals surface area contributed by atoms with E-state index in [2.05, 4.69) is 29.1 Å². The van der Waals surface area contributed by atoms with Gasteiger partial charge in [-0.05, 0) is 43.6 Å². The number of rotatable bonds is 8. The van der Waals surface area contributed by atoms with Gasteiger partial charge in [0, 0.05) is 25.3 Å². The molecule has 0 spiro atoms. The van der Waals surface area contributed by atoms with E-state index in [0.29, 0.717) is 24.6 Å². The van der Waals surface area contributed by atoms with Crippen molar-refractivity contribution in [1.29, 1.82) is 0 Å². The number of hydrogen-bond donors (Lipinski definition) is 2. The van der Waals surface area contributed by atoms with Gasteiger partial charge in [-0.1, -0.05) is 26.7 Å². The number of nitrogens with zero attached hydrogens (tertiary/aromatic N) is 2. The third-order valence-corrected chi connectivity index (χ3v) is 5.39. The third kappa shape index (κ3) is 4.50. The summed E-state index contributed by atoms with van der Waals surface area (Å²) in [5, 5.41) is 12.3. The molecule has 1 aliphatic carbocycles. The van der Waals surface area contributed by atoms with Crippen LogP contribution in [0.2, 0.25) is 0 Å². The maximum absolute atomic E-state index is 12.4. The third-order valence-electron chi connectivity index (χ3n) is 5.39. The summed E-state index contributed by atoms with van der Waals surface area (Å²) in [6.07, 6.45) is 8.95. The Bertz CT molecular complexity index is 509. The second kappa shape index (κ2) is 8.39. The zero-order valence-electron chi connectivity index (χ0n) is 14.3. The molecule has 1 aliphatic rings. The summed E-state index contributed by atoms with van der Waals surface area (Å²) in [7, 11) is 0. The monoisotopic (exact) mass is 319 g/mol. The summed E-state index contributed by atoms with van der Waals surface area (Å²) >= 11 is 0. The maximum Gasteiger partial charge on any atom is 0.270 e. The summed E-state index contributed by atoms with van der Waals surface area (Å²) in [6, 6.07) is 1.68. The summed E-state index contributed by atoms with van der Waals surface area (Å²) < 4.78 is 0. The molecule has 5 nitrogen and oxygen atoms in total. The van der Waals surface area contributed by atoms with Crippen LogP contribution >= 0.6 is 0 Å². The minimum atomic E-state index is -0.143. The number of carbonyl (C=O) groups is 1. The van der Waals surface area contributed by atoms with Crippen LogP contribution < -0.4 is 5.32 Å². The molecule has 2 N–H and O–H groups in total. The summed E-state index contributed by atoms with van der Waals surface area (Å²) in [4.78, 5) is 21.3. The predicted molar refractivity (Wildman–Crippen MR) is 90.3 cm³/mol. The molecule has 5 heteroatoms. The Labute approximate surface area is 138 Å². The molecule has 0 aliphatic heterocycles. The predicted octanol–water partition coefficient (Wildman–Crippen LogP) is 3.05. The van der Waals surface area contributed by atoms with E-state index in [0.717, 1.165) is 31.5 Å². The average molecular weight is 319 g/mol. The molecule has 0 saturated heterocycles. The second-order valence-electron chi connectivity index (χ2n) is 6.64. The second-order valence-corrected chi connectivity index (χ2v) is 6.64. The van der Waals surface area contributed by atoms with Gasteiger partial charge in [0.05, 0.1) is 0 Å². The molecular weight excluding hydrogens is 290 g/mol. The first-order valence-electron chi connectivity index (χ1n) is 8.86. The largest absolute Gasteiger partial charge is 0.396 e. The molecule has 1 amide bonds. The fourth-order valence-corrected chi connectivity index (χ4v) is 3.42. The molecule has 0 unspecified atom stereocenters. The van der Waals surface area contributed by atoms with E-state index in [1.54, 1.807) is 12.3 Å². The molecule has 0 atom stereocenters. The first-order valence-corrected chi connectivity index (χ1v) is 8.86. The van der Waals surface area contributed by atoms with E-state index in [9.17, 15) is 9.90 Å². The van der Waals surface area contributed by atoms with Crippen LogP contribution in [0.25, 0.3) is 0 Å². The minimum Gasteiger partial charge on any atom is -0.396 e. The van der Waals surface area contributed by atoms with Crippen molar-refractivity contribution in [3.63, 3.8) is 0 Å². The Balaban J connectivity index is 2.01. The average Bonchev–Trinajstić information content (AvgIpc) is 3.13. The van der Waals surface area contributed by atoms with Crippen molar-refractivity contribution in [3.05, 3.63) is 23.8 Å². The van der Waals surface area contributed by atoms with Crippen molar-refractivity contribution in [3.8, 4) is 0 Å². The zero-order chi connectivity index (χ0) is 16.7. The first kappa shape index (κ1) is 17.9. The van der Waals surface area contributed by atoms with Crippen molar-refractivity contribution in [1.82, 2.24) is 15.3 Å². The molecule has 1 saturated carbocycles. The van der Waals surface area contributed by atoms with Gasteiger partial charge in [0.1, 0.15) is 11.5 Å². The fraction of sp³-hybridized carbons (Fsp3) is 0.722. The van der Waals surface area contributed by atoms with E-state index >= 15 is 0 Å². The molecule has 128 valence electrons. The lowest BCUT2D eigenvalue weighted by Gasteiger charge is -2.31. The lowest BCUT2D eigenvalue weighted by atomic mass is 9.79. The van der Waals surface area contributed by atoms with Crippen molar-refractivity contribution in [2.75, 3.05) is 13.2 Å². The highest BCUT2D eigenvalue weighted by molar-refractivity contribution is 5.92. The van der Waals surface area contributed by atoms with Gasteiger partial charge >= 0.3 is 0 Å². The zero-order valence-corrected chi connectivity index (χ0v) is 14.3. The number of aliphatic hydroxyl groups excluding tert-OH is 1. The van der Waals surface area contributed by atoms with Gasteiger partial charge in [0.25, 0.3) is 5.91 Å². The molecule has 1 heterocycles. The number of hydrogen-bond acceptors (Lipinski definition) is 4.